The number of hydrogen-bond donors (Lipinski definition) is 2. The van der Waals surface area contributed by atoms with Crippen LogP contribution < -0.4 is 11.5 Å². The number of primary amides is 1. The van der Waals surface area contributed by atoms with Crippen molar-refractivity contribution in [2.75, 3.05) is 12.3 Å². The van der Waals surface area contributed by atoms with Crippen LogP contribution in [0.15, 0.2) is 24.3 Å². The summed E-state index contributed by atoms with van der Waals surface area (Å²) in [5, 5.41) is 0. The molecule has 0 unspecified atom stereocenters. The molecule has 0 aliphatic carbocycles. The van der Waals surface area contributed by atoms with Gasteiger partial charge in [0.05, 0.1) is 6.54 Å². The van der Waals surface area contributed by atoms with Crippen LogP contribution in [0.2, 0.25) is 0 Å². The summed E-state index contributed by atoms with van der Waals surface area (Å²) in [6.45, 7) is 3.56. The van der Waals surface area contributed by atoms with Crippen LogP contribution in [-0.2, 0) is 4.79 Å². The van der Waals surface area contributed by atoms with Gasteiger partial charge in [-0.1, -0.05) is 6.07 Å². The van der Waals surface area contributed by atoms with Crippen molar-refractivity contribution >= 4 is 17.5 Å². The number of nitrogens with two attached hydrogens (primary N) is 2. The minimum Gasteiger partial charge on any atom is -0.399 e. The maximum Gasteiger partial charge on any atom is 0.254 e. The number of anilines is 1. The number of carbonyl (C=O) groups is 2. The Bertz CT molecular complexity index is 430. The minimum absolute atomic E-state index is 0.0920. The first-order valence-corrected chi connectivity index (χ1v) is 5.36. The van der Waals surface area contributed by atoms with E-state index in [-0.39, 0.29) is 18.5 Å². The number of carbonyl (C=O) groups excluding carboxylic acids is 2. The second kappa shape index (κ2) is 5.34. The van der Waals surface area contributed by atoms with Gasteiger partial charge in [-0.15, -0.1) is 0 Å². The monoisotopic (exact) mass is 235 g/mol. The molecule has 1 rings (SSSR count). The predicted octanol–water partition coefficient (Wildman–Crippen LogP) is 0.605. The van der Waals surface area contributed by atoms with Crippen LogP contribution in [0.3, 0.4) is 0 Å². The van der Waals surface area contributed by atoms with Gasteiger partial charge in [0.15, 0.2) is 0 Å². The number of amides is 2. The van der Waals surface area contributed by atoms with E-state index in [4.69, 9.17) is 11.5 Å². The Kier molecular flexibility index (Phi) is 4.09. The lowest BCUT2D eigenvalue weighted by molar-refractivity contribution is -0.119. The first kappa shape index (κ1) is 13.0. The van der Waals surface area contributed by atoms with E-state index in [9.17, 15) is 9.59 Å². The zero-order valence-electron chi connectivity index (χ0n) is 10.0. The van der Waals surface area contributed by atoms with Crippen molar-refractivity contribution in [1.82, 2.24) is 4.90 Å². The van der Waals surface area contributed by atoms with Crippen molar-refractivity contribution in [3.05, 3.63) is 29.8 Å². The lowest BCUT2D eigenvalue weighted by Gasteiger charge is -2.25. The van der Waals surface area contributed by atoms with Gasteiger partial charge in [0.1, 0.15) is 0 Å². The highest BCUT2D eigenvalue weighted by Gasteiger charge is 2.20. The summed E-state index contributed by atoms with van der Waals surface area (Å²) < 4.78 is 0. The molecule has 17 heavy (non-hydrogen) atoms. The maximum atomic E-state index is 12.1. The van der Waals surface area contributed by atoms with E-state index in [1.807, 2.05) is 13.8 Å². The molecule has 5 nitrogen and oxygen atoms in total. The van der Waals surface area contributed by atoms with E-state index in [2.05, 4.69) is 0 Å². The molecule has 0 radical (unpaired) electrons. The Morgan fingerprint density at radius 1 is 1.35 bits per heavy atom. The van der Waals surface area contributed by atoms with E-state index < -0.39 is 5.91 Å². The molecule has 0 aliphatic rings. The second-order valence-electron chi connectivity index (χ2n) is 4.12. The van der Waals surface area contributed by atoms with Gasteiger partial charge in [0.25, 0.3) is 5.91 Å². The van der Waals surface area contributed by atoms with Gasteiger partial charge in [-0.2, -0.15) is 0 Å². The van der Waals surface area contributed by atoms with Gasteiger partial charge in [-0.05, 0) is 32.0 Å². The van der Waals surface area contributed by atoms with Gasteiger partial charge in [-0.3, -0.25) is 9.59 Å². The highest BCUT2D eigenvalue weighted by Crippen LogP contribution is 2.11. The Balaban J connectivity index is 2.95. The van der Waals surface area contributed by atoms with Gasteiger partial charge in [0, 0.05) is 17.3 Å². The summed E-state index contributed by atoms with van der Waals surface area (Å²) >= 11 is 0. The van der Waals surface area contributed by atoms with Crippen LogP contribution in [0, 0.1) is 0 Å². The molecule has 0 atom stereocenters. The Hall–Kier alpha value is -2.04. The van der Waals surface area contributed by atoms with Gasteiger partial charge in [0.2, 0.25) is 5.91 Å². The van der Waals surface area contributed by atoms with Crippen molar-refractivity contribution in [3.63, 3.8) is 0 Å². The molecule has 4 N–H and O–H groups in total. The van der Waals surface area contributed by atoms with Crippen molar-refractivity contribution in [2.24, 2.45) is 5.73 Å². The van der Waals surface area contributed by atoms with E-state index in [1.54, 1.807) is 24.3 Å². The highest BCUT2D eigenvalue weighted by atomic mass is 16.2. The van der Waals surface area contributed by atoms with Crippen LogP contribution in [0.1, 0.15) is 24.2 Å². The number of nitrogens with zero attached hydrogens (tertiary/aromatic N) is 1. The first-order chi connectivity index (χ1) is 7.91. The number of hydrogen-bond acceptors (Lipinski definition) is 3. The average molecular weight is 235 g/mol. The summed E-state index contributed by atoms with van der Waals surface area (Å²) in [5.41, 5.74) is 11.7. The number of nitrogen functional groups attached to an aromatic ring is 1. The molecular formula is C12H17N3O2. The van der Waals surface area contributed by atoms with Crippen molar-refractivity contribution in [1.29, 1.82) is 0 Å². The molecular weight excluding hydrogens is 218 g/mol. The minimum atomic E-state index is -0.532. The first-order valence-electron chi connectivity index (χ1n) is 5.36. The average Bonchev–Trinajstić information content (AvgIpc) is 2.24. The molecule has 0 aliphatic heterocycles. The van der Waals surface area contributed by atoms with E-state index in [0.29, 0.717) is 11.3 Å². The van der Waals surface area contributed by atoms with Gasteiger partial charge in [-0.25, -0.2) is 0 Å². The third kappa shape index (κ3) is 3.48. The molecule has 5 heteroatoms. The third-order valence-electron chi connectivity index (χ3n) is 2.34. The molecule has 2 amide bonds. The normalized spacial score (nSPS) is 10.3. The lowest BCUT2D eigenvalue weighted by Crippen LogP contribution is -2.42. The summed E-state index contributed by atoms with van der Waals surface area (Å²) in [5.74, 6) is -0.776. The third-order valence-corrected chi connectivity index (χ3v) is 2.34. The molecule has 0 saturated carbocycles. The van der Waals surface area contributed by atoms with Crippen molar-refractivity contribution in [3.8, 4) is 0 Å². The van der Waals surface area contributed by atoms with Crippen LogP contribution in [0.25, 0.3) is 0 Å². The number of benzene rings is 1. The molecule has 0 spiro atoms. The zero-order chi connectivity index (χ0) is 13.0. The summed E-state index contributed by atoms with van der Waals surface area (Å²) in [6.07, 6.45) is 0. The SMILES string of the molecule is CC(C)N(CC(N)=O)C(=O)c1cccc(N)c1. The fourth-order valence-electron chi connectivity index (χ4n) is 1.49. The summed E-state index contributed by atoms with van der Waals surface area (Å²) in [7, 11) is 0. The quantitative estimate of drug-likeness (QED) is 0.749. The van der Waals surface area contributed by atoms with Crippen LogP contribution in [-0.4, -0.2) is 29.3 Å². The Morgan fingerprint density at radius 2 is 2.00 bits per heavy atom. The molecule has 0 heterocycles. The summed E-state index contributed by atoms with van der Waals surface area (Å²) in [6, 6.07) is 6.54. The molecule has 1 aromatic rings. The van der Waals surface area contributed by atoms with Crippen molar-refractivity contribution in [2.45, 2.75) is 19.9 Å². The highest BCUT2D eigenvalue weighted by molar-refractivity contribution is 5.97. The van der Waals surface area contributed by atoms with E-state index in [0.717, 1.165) is 0 Å². The van der Waals surface area contributed by atoms with Crippen LogP contribution in [0.4, 0.5) is 5.69 Å². The standard InChI is InChI=1S/C12H17N3O2/c1-8(2)15(7-11(14)16)12(17)9-4-3-5-10(13)6-9/h3-6,8H,7,13H2,1-2H3,(H2,14,16). The fraction of sp³-hybridized carbons (Fsp3) is 0.333. The molecule has 92 valence electrons. The largest absolute Gasteiger partial charge is 0.399 e. The van der Waals surface area contributed by atoms with Crippen LogP contribution >= 0.6 is 0 Å². The molecule has 1 aromatic carbocycles. The van der Waals surface area contributed by atoms with E-state index in [1.165, 1.54) is 4.90 Å². The smallest absolute Gasteiger partial charge is 0.254 e. The van der Waals surface area contributed by atoms with Gasteiger partial charge < -0.3 is 16.4 Å². The molecule has 0 bridgehead atoms. The van der Waals surface area contributed by atoms with Crippen molar-refractivity contribution < 1.29 is 9.59 Å². The molecule has 0 saturated heterocycles. The molecule has 0 fully saturated rings. The van der Waals surface area contributed by atoms with Crippen LogP contribution in [0.5, 0.6) is 0 Å². The maximum absolute atomic E-state index is 12.1. The Labute approximate surface area is 100 Å². The zero-order valence-corrected chi connectivity index (χ0v) is 10.0. The number of rotatable bonds is 4. The van der Waals surface area contributed by atoms with Gasteiger partial charge >= 0.3 is 0 Å². The predicted molar refractivity (Wildman–Crippen MR) is 66.2 cm³/mol. The second-order valence-corrected chi connectivity index (χ2v) is 4.12. The topological polar surface area (TPSA) is 89.4 Å². The van der Waals surface area contributed by atoms with E-state index >= 15 is 0 Å². The lowest BCUT2D eigenvalue weighted by atomic mass is 10.1. The fourth-order valence-corrected chi connectivity index (χ4v) is 1.49. The molecule has 0 aromatic heterocycles. The summed E-state index contributed by atoms with van der Waals surface area (Å²) in [4.78, 5) is 24.5. The Morgan fingerprint density at radius 3 is 2.47 bits per heavy atom.